The number of carbonyl (C=O) groups is 2. The van der Waals surface area contributed by atoms with Crippen molar-refractivity contribution in [2.24, 2.45) is 5.73 Å². The van der Waals surface area contributed by atoms with Crippen LogP contribution in [0.25, 0.3) is 21.7 Å². The molecule has 2 aromatic heterocycles. The number of halogens is 4. The van der Waals surface area contributed by atoms with Crippen molar-refractivity contribution < 1.29 is 46.5 Å². The van der Waals surface area contributed by atoms with Crippen molar-refractivity contribution in [3.05, 3.63) is 77.4 Å². The SMILES string of the molecule is COc1ncc(-c2cc(C(=O)NCC(O)(c3cc4c(c(-c5ccc(F)cc5)n3)OC[C@]4(C)C(N)=O)C(F)(F)F)ccc2OC2CC2)s1. The number of thiazole rings is 1. The molecule has 10 nitrogen and oxygen atoms in total. The average molecular weight is 673 g/mol. The first-order chi connectivity index (χ1) is 22.2. The minimum absolute atomic E-state index is 0.0105. The summed E-state index contributed by atoms with van der Waals surface area (Å²) in [6, 6.07) is 10.0. The highest BCUT2D eigenvalue weighted by Gasteiger charge is 2.57. The average Bonchev–Trinajstić information content (AvgIpc) is 3.60. The van der Waals surface area contributed by atoms with E-state index in [0.29, 0.717) is 21.4 Å². The van der Waals surface area contributed by atoms with E-state index in [1.54, 1.807) is 6.07 Å². The number of nitrogens with zero attached hydrogens (tertiary/aromatic N) is 2. The van der Waals surface area contributed by atoms with E-state index in [-0.39, 0.29) is 40.8 Å². The lowest BCUT2D eigenvalue weighted by Gasteiger charge is -2.31. The molecule has 2 aliphatic rings. The number of primary amides is 1. The smallest absolute Gasteiger partial charge is 0.424 e. The fourth-order valence-electron chi connectivity index (χ4n) is 5.06. The molecule has 0 bridgehead atoms. The third-order valence-electron chi connectivity index (χ3n) is 8.12. The molecule has 0 saturated heterocycles. The summed E-state index contributed by atoms with van der Waals surface area (Å²) in [4.78, 5) is 34.7. The molecule has 1 aliphatic carbocycles. The summed E-state index contributed by atoms with van der Waals surface area (Å²) in [6.07, 6.45) is -2.07. The molecule has 2 amide bonds. The van der Waals surface area contributed by atoms with Crippen molar-refractivity contribution in [3.8, 4) is 38.4 Å². The molecule has 1 unspecified atom stereocenters. The van der Waals surface area contributed by atoms with Gasteiger partial charge >= 0.3 is 6.18 Å². The Morgan fingerprint density at radius 2 is 1.89 bits per heavy atom. The molecular weight excluding hydrogens is 644 g/mol. The second-order valence-electron chi connectivity index (χ2n) is 11.5. The molecular formula is C32H28F4N4O6S. The largest absolute Gasteiger partial charge is 0.490 e. The fraction of sp³-hybridized carbons (Fsp3) is 0.312. The zero-order chi connectivity index (χ0) is 33.7. The number of benzene rings is 2. The molecule has 2 atom stereocenters. The van der Waals surface area contributed by atoms with E-state index in [1.165, 1.54) is 55.8 Å². The van der Waals surface area contributed by atoms with Gasteiger partial charge in [0.25, 0.3) is 11.1 Å². The van der Waals surface area contributed by atoms with Gasteiger partial charge in [0.15, 0.2) is 0 Å². The Morgan fingerprint density at radius 1 is 1.17 bits per heavy atom. The molecule has 1 aliphatic heterocycles. The van der Waals surface area contributed by atoms with Gasteiger partial charge in [0.2, 0.25) is 11.5 Å². The molecule has 4 aromatic rings. The van der Waals surface area contributed by atoms with Crippen LogP contribution in [0.3, 0.4) is 0 Å². The van der Waals surface area contributed by atoms with Crippen molar-refractivity contribution in [3.63, 3.8) is 0 Å². The number of aliphatic hydroxyl groups is 1. The maximum atomic E-state index is 14.8. The fourth-order valence-corrected chi connectivity index (χ4v) is 5.81. The number of hydrogen-bond donors (Lipinski definition) is 3. The highest BCUT2D eigenvalue weighted by molar-refractivity contribution is 7.16. The van der Waals surface area contributed by atoms with Crippen LogP contribution in [0.2, 0.25) is 0 Å². The van der Waals surface area contributed by atoms with Crippen LogP contribution < -0.4 is 25.3 Å². The summed E-state index contributed by atoms with van der Waals surface area (Å²) < 4.78 is 74.9. The Bertz CT molecular complexity index is 1860. The second kappa shape index (κ2) is 11.8. The third kappa shape index (κ3) is 5.96. The maximum Gasteiger partial charge on any atom is 0.424 e. The summed E-state index contributed by atoms with van der Waals surface area (Å²) in [5, 5.41) is 13.9. The molecule has 15 heteroatoms. The topological polar surface area (TPSA) is 146 Å². The summed E-state index contributed by atoms with van der Waals surface area (Å²) in [5.74, 6) is -1.98. The number of pyridine rings is 1. The summed E-state index contributed by atoms with van der Waals surface area (Å²) >= 11 is 1.19. The van der Waals surface area contributed by atoms with Crippen LogP contribution in [0, 0.1) is 5.82 Å². The van der Waals surface area contributed by atoms with E-state index < -0.39 is 47.1 Å². The molecule has 0 spiro atoms. The molecule has 1 saturated carbocycles. The molecule has 1 fully saturated rings. The van der Waals surface area contributed by atoms with E-state index in [0.717, 1.165) is 31.0 Å². The Morgan fingerprint density at radius 3 is 2.51 bits per heavy atom. The highest BCUT2D eigenvalue weighted by atomic mass is 32.1. The van der Waals surface area contributed by atoms with Gasteiger partial charge < -0.3 is 30.4 Å². The first-order valence-corrected chi connectivity index (χ1v) is 15.2. The zero-order valence-electron chi connectivity index (χ0n) is 25.0. The number of methoxy groups -OCH3 is 1. The number of rotatable bonds is 10. The monoisotopic (exact) mass is 672 g/mol. The van der Waals surface area contributed by atoms with Gasteiger partial charge in [-0.05, 0) is 68.3 Å². The van der Waals surface area contributed by atoms with E-state index in [9.17, 15) is 32.3 Å². The minimum atomic E-state index is -5.36. The van der Waals surface area contributed by atoms with Crippen LogP contribution in [0.15, 0.2) is 54.7 Å². The quantitative estimate of drug-likeness (QED) is 0.202. The predicted molar refractivity (Wildman–Crippen MR) is 162 cm³/mol. The van der Waals surface area contributed by atoms with Gasteiger partial charge in [-0.25, -0.2) is 14.4 Å². The van der Waals surface area contributed by atoms with E-state index in [4.69, 9.17) is 19.9 Å². The number of fused-ring (bicyclic) bond motifs is 1. The lowest BCUT2D eigenvalue weighted by molar-refractivity contribution is -0.265. The lowest BCUT2D eigenvalue weighted by Crippen LogP contribution is -2.51. The number of amides is 2. The Balaban J connectivity index is 1.37. The normalized spacial score (nSPS) is 18.5. The van der Waals surface area contributed by atoms with Crippen LogP contribution >= 0.6 is 11.3 Å². The van der Waals surface area contributed by atoms with E-state index in [2.05, 4.69) is 15.3 Å². The van der Waals surface area contributed by atoms with Crippen molar-refractivity contribution >= 4 is 23.2 Å². The number of nitrogens with one attached hydrogen (secondary N) is 1. The number of alkyl halides is 3. The van der Waals surface area contributed by atoms with Crippen LogP contribution in [-0.2, 0) is 15.8 Å². The van der Waals surface area contributed by atoms with Gasteiger partial charge in [-0.15, -0.1) is 0 Å². The summed E-state index contributed by atoms with van der Waals surface area (Å²) in [5.41, 5.74) is -0.193. The van der Waals surface area contributed by atoms with Crippen molar-refractivity contribution in [1.82, 2.24) is 15.3 Å². The number of ether oxygens (including phenoxy) is 3. The van der Waals surface area contributed by atoms with E-state index in [1.807, 2.05) is 0 Å². The first-order valence-electron chi connectivity index (χ1n) is 14.4. The summed E-state index contributed by atoms with van der Waals surface area (Å²) in [6.45, 7) is -0.255. The van der Waals surface area contributed by atoms with Gasteiger partial charge in [0, 0.05) is 28.5 Å². The maximum absolute atomic E-state index is 14.8. The minimum Gasteiger partial charge on any atom is -0.490 e. The Kier molecular flexibility index (Phi) is 8.08. The number of aromatic nitrogens is 2. The van der Waals surface area contributed by atoms with Crippen LogP contribution in [-0.4, -0.2) is 59.4 Å². The van der Waals surface area contributed by atoms with Crippen molar-refractivity contribution in [2.75, 3.05) is 20.3 Å². The molecule has 47 heavy (non-hydrogen) atoms. The third-order valence-corrected chi connectivity index (χ3v) is 9.11. The predicted octanol–water partition coefficient (Wildman–Crippen LogP) is 4.88. The van der Waals surface area contributed by atoms with Gasteiger partial charge in [-0.3, -0.25) is 9.59 Å². The van der Waals surface area contributed by atoms with Gasteiger partial charge in [-0.1, -0.05) is 11.3 Å². The van der Waals surface area contributed by atoms with Crippen LogP contribution in [0.1, 0.15) is 41.4 Å². The van der Waals surface area contributed by atoms with Crippen LogP contribution in [0.4, 0.5) is 17.6 Å². The van der Waals surface area contributed by atoms with Crippen molar-refractivity contribution in [2.45, 2.75) is 43.1 Å². The second-order valence-corrected chi connectivity index (χ2v) is 12.5. The van der Waals surface area contributed by atoms with Crippen LogP contribution in [0.5, 0.6) is 16.7 Å². The zero-order valence-corrected chi connectivity index (χ0v) is 25.8. The van der Waals surface area contributed by atoms with Gasteiger partial charge in [0.1, 0.15) is 35.0 Å². The highest BCUT2D eigenvalue weighted by Crippen LogP contribution is 2.48. The first kappa shape index (κ1) is 32.2. The van der Waals surface area contributed by atoms with Gasteiger partial charge in [-0.2, -0.15) is 13.2 Å². The molecule has 0 radical (unpaired) electrons. The standard InChI is InChI=1S/C32H28F4N4O6S/c1-30(28(37)42)15-45-26-21(30)12-24(40-25(26)16-3-6-18(33)7-4-16)31(43,32(34,35)36)14-39-27(41)17-5-10-22(46-19-8-9-19)20(11-17)23-13-38-29(44-2)47-23/h3-7,10-13,19,43H,8-9,14-15H2,1-2H3,(H2,37,42)(H,39,41)/t30-,31?/m0/s1. The number of nitrogens with two attached hydrogens (primary N) is 1. The number of carbonyl (C=O) groups excluding carboxylic acids is 2. The van der Waals surface area contributed by atoms with E-state index >= 15 is 0 Å². The molecule has 6 rings (SSSR count). The van der Waals surface area contributed by atoms with Gasteiger partial charge in [0.05, 0.1) is 30.3 Å². The molecule has 2 aromatic carbocycles. The number of hydrogen-bond acceptors (Lipinski definition) is 9. The molecule has 4 N–H and O–H groups in total. The summed E-state index contributed by atoms with van der Waals surface area (Å²) in [7, 11) is 1.45. The van der Waals surface area contributed by atoms with Crippen molar-refractivity contribution in [1.29, 1.82) is 0 Å². The Labute approximate surface area is 269 Å². The lowest BCUT2D eigenvalue weighted by atomic mass is 9.81. The Hall–Kier alpha value is -4.76. The molecule has 246 valence electrons. The molecule has 3 heterocycles.